The fraction of sp³-hybridized carbons (Fsp3) is 0.600. The molecule has 2 aromatic rings. The van der Waals surface area contributed by atoms with Crippen LogP contribution in [0, 0.1) is 5.92 Å². The van der Waals surface area contributed by atoms with Gasteiger partial charge in [0.25, 0.3) is 0 Å². The Balaban J connectivity index is 1.52. The van der Waals surface area contributed by atoms with Crippen LogP contribution in [0.15, 0.2) is 35.5 Å². The summed E-state index contributed by atoms with van der Waals surface area (Å²) in [6, 6.07) is 10.5. The highest BCUT2D eigenvalue weighted by Gasteiger charge is 2.22. The molecule has 4 rings (SSSR count). The maximum atomic E-state index is 5.89. The second kappa shape index (κ2) is 9.02. The lowest BCUT2D eigenvalue weighted by Gasteiger charge is -2.23. The van der Waals surface area contributed by atoms with Crippen LogP contribution in [0.2, 0.25) is 0 Å². The monoisotopic (exact) mass is 372 g/mol. The van der Waals surface area contributed by atoms with Crippen molar-refractivity contribution in [1.82, 2.24) is 20.1 Å². The molecule has 0 spiro atoms. The quantitative estimate of drug-likeness (QED) is 0.787. The van der Waals surface area contributed by atoms with Crippen LogP contribution >= 0.6 is 11.8 Å². The average molecular weight is 373 g/mol. The van der Waals surface area contributed by atoms with E-state index in [1.807, 2.05) is 0 Å². The zero-order chi connectivity index (χ0) is 17.6. The molecule has 5 nitrogen and oxygen atoms in total. The second-order valence-corrected chi connectivity index (χ2v) is 8.25. The van der Waals surface area contributed by atoms with Crippen LogP contribution in [-0.2, 0) is 11.2 Å². The minimum Gasteiger partial charge on any atom is -0.377 e. The third-order valence-electron chi connectivity index (χ3n) is 5.32. The summed E-state index contributed by atoms with van der Waals surface area (Å²) in [5.74, 6) is 2.75. The van der Waals surface area contributed by atoms with Gasteiger partial charge in [-0.2, -0.15) is 0 Å². The molecule has 1 atom stereocenters. The maximum absolute atomic E-state index is 5.89. The highest BCUT2D eigenvalue weighted by atomic mass is 32.2. The Kier molecular flexibility index (Phi) is 6.25. The van der Waals surface area contributed by atoms with Gasteiger partial charge in [-0.25, -0.2) is 0 Å². The molecule has 140 valence electrons. The van der Waals surface area contributed by atoms with Gasteiger partial charge in [0, 0.05) is 24.5 Å². The van der Waals surface area contributed by atoms with Gasteiger partial charge in [0.1, 0.15) is 5.82 Å². The first-order chi connectivity index (χ1) is 12.9. The van der Waals surface area contributed by atoms with Gasteiger partial charge in [0.2, 0.25) is 0 Å². The predicted molar refractivity (Wildman–Crippen MR) is 105 cm³/mol. The zero-order valence-corrected chi connectivity index (χ0v) is 16.1. The van der Waals surface area contributed by atoms with Crippen molar-refractivity contribution < 1.29 is 4.74 Å². The Morgan fingerprint density at radius 2 is 1.92 bits per heavy atom. The van der Waals surface area contributed by atoms with Crippen LogP contribution in [0.3, 0.4) is 0 Å². The minimum atomic E-state index is 0.350. The predicted octanol–water partition coefficient (Wildman–Crippen LogP) is 3.47. The van der Waals surface area contributed by atoms with E-state index in [1.54, 1.807) is 11.8 Å². The van der Waals surface area contributed by atoms with E-state index in [9.17, 15) is 0 Å². The highest BCUT2D eigenvalue weighted by Crippen LogP contribution is 2.27. The Hall–Kier alpha value is -1.37. The third kappa shape index (κ3) is 4.48. The minimum absolute atomic E-state index is 0.350. The Morgan fingerprint density at radius 1 is 1.08 bits per heavy atom. The van der Waals surface area contributed by atoms with Crippen LogP contribution < -0.4 is 5.32 Å². The molecule has 3 heterocycles. The fourth-order valence-electron chi connectivity index (χ4n) is 3.81. The summed E-state index contributed by atoms with van der Waals surface area (Å²) in [4.78, 5) is 0. The van der Waals surface area contributed by atoms with Gasteiger partial charge in [0.05, 0.1) is 6.10 Å². The second-order valence-electron chi connectivity index (χ2n) is 7.27. The Labute approximate surface area is 159 Å². The first kappa shape index (κ1) is 18.0. The van der Waals surface area contributed by atoms with Crippen molar-refractivity contribution in [2.45, 2.75) is 49.8 Å². The summed E-state index contributed by atoms with van der Waals surface area (Å²) in [7, 11) is 0. The number of piperidine rings is 1. The summed E-state index contributed by atoms with van der Waals surface area (Å²) >= 11 is 1.78. The lowest BCUT2D eigenvalue weighted by molar-refractivity contribution is 0.0315. The SMILES string of the molecule is c1ccc(-n2c(CC3CCNCC3)nnc2SC[C@@H]2CCCCO2)cc1. The van der Waals surface area contributed by atoms with Crippen LogP contribution in [0.25, 0.3) is 5.69 Å². The van der Waals surface area contributed by atoms with Gasteiger partial charge in [-0.15, -0.1) is 10.2 Å². The van der Waals surface area contributed by atoms with Gasteiger partial charge < -0.3 is 10.1 Å². The number of ether oxygens (including phenoxy) is 1. The van der Waals surface area contributed by atoms with E-state index in [-0.39, 0.29) is 0 Å². The van der Waals surface area contributed by atoms with Gasteiger partial charge >= 0.3 is 0 Å². The molecule has 2 saturated heterocycles. The standard InChI is InChI=1S/C20H28N4OS/c1-2-6-17(7-3-1)24-19(14-16-9-11-21-12-10-16)22-23-20(24)26-15-18-8-4-5-13-25-18/h1-3,6-7,16,18,21H,4-5,8-15H2/t18-/m0/s1. The molecule has 0 radical (unpaired) electrons. The number of nitrogens with zero attached hydrogens (tertiary/aromatic N) is 3. The first-order valence-corrected chi connectivity index (χ1v) is 10.8. The van der Waals surface area contributed by atoms with Crippen molar-refractivity contribution in [3.63, 3.8) is 0 Å². The number of thioether (sulfide) groups is 1. The average Bonchev–Trinajstić information content (AvgIpc) is 3.11. The molecule has 0 saturated carbocycles. The van der Waals surface area contributed by atoms with Crippen molar-refractivity contribution in [2.24, 2.45) is 5.92 Å². The molecule has 26 heavy (non-hydrogen) atoms. The van der Waals surface area contributed by atoms with E-state index in [4.69, 9.17) is 4.74 Å². The molecule has 2 fully saturated rings. The van der Waals surface area contributed by atoms with Gasteiger partial charge in [0.15, 0.2) is 5.16 Å². The van der Waals surface area contributed by atoms with E-state index in [0.717, 1.165) is 55.0 Å². The summed E-state index contributed by atoms with van der Waals surface area (Å²) in [6.07, 6.45) is 7.43. The van der Waals surface area contributed by atoms with Crippen molar-refractivity contribution in [3.8, 4) is 5.69 Å². The Bertz CT molecular complexity index is 678. The van der Waals surface area contributed by atoms with Crippen LogP contribution in [0.5, 0.6) is 0 Å². The van der Waals surface area contributed by atoms with Crippen molar-refractivity contribution in [2.75, 3.05) is 25.4 Å². The molecular weight excluding hydrogens is 344 g/mol. The summed E-state index contributed by atoms with van der Waals surface area (Å²) < 4.78 is 8.15. The number of hydrogen-bond acceptors (Lipinski definition) is 5. The number of nitrogens with one attached hydrogen (secondary N) is 1. The van der Waals surface area contributed by atoms with Crippen LogP contribution in [0.1, 0.15) is 37.9 Å². The topological polar surface area (TPSA) is 52.0 Å². The van der Waals surface area contributed by atoms with Crippen LogP contribution in [-0.4, -0.2) is 46.3 Å². The normalized spacial score (nSPS) is 21.8. The third-order valence-corrected chi connectivity index (χ3v) is 6.38. The summed E-state index contributed by atoms with van der Waals surface area (Å²) in [5, 5.41) is 13.6. The van der Waals surface area contributed by atoms with Gasteiger partial charge in [-0.05, 0) is 63.2 Å². The van der Waals surface area contributed by atoms with Gasteiger partial charge in [-0.1, -0.05) is 30.0 Å². The van der Waals surface area contributed by atoms with Crippen LogP contribution in [0.4, 0.5) is 0 Å². The summed E-state index contributed by atoms with van der Waals surface area (Å²) in [5.41, 5.74) is 1.16. The van der Waals surface area contributed by atoms with E-state index in [1.165, 1.54) is 25.7 Å². The molecule has 0 aliphatic carbocycles. The van der Waals surface area contributed by atoms with Crippen molar-refractivity contribution >= 4 is 11.8 Å². The smallest absolute Gasteiger partial charge is 0.195 e. The van der Waals surface area contributed by atoms with E-state index < -0.39 is 0 Å². The summed E-state index contributed by atoms with van der Waals surface area (Å²) in [6.45, 7) is 3.13. The number of hydrogen-bond donors (Lipinski definition) is 1. The van der Waals surface area contributed by atoms with E-state index in [2.05, 4.69) is 50.4 Å². The number of rotatable bonds is 6. The number of para-hydroxylation sites is 1. The van der Waals surface area contributed by atoms with Crippen molar-refractivity contribution in [1.29, 1.82) is 0 Å². The Morgan fingerprint density at radius 3 is 2.69 bits per heavy atom. The molecule has 0 unspecified atom stereocenters. The molecule has 2 aliphatic heterocycles. The first-order valence-electron chi connectivity index (χ1n) is 9.85. The lowest BCUT2D eigenvalue weighted by Crippen LogP contribution is -2.29. The van der Waals surface area contributed by atoms with E-state index in [0.29, 0.717) is 12.0 Å². The molecule has 0 amide bonds. The fourth-order valence-corrected chi connectivity index (χ4v) is 4.85. The number of benzene rings is 1. The zero-order valence-electron chi connectivity index (χ0n) is 15.3. The molecule has 1 aromatic heterocycles. The lowest BCUT2D eigenvalue weighted by atomic mass is 9.94. The molecule has 1 N–H and O–H groups in total. The maximum Gasteiger partial charge on any atom is 0.195 e. The highest BCUT2D eigenvalue weighted by molar-refractivity contribution is 7.99. The number of aromatic nitrogens is 3. The molecule has 6 heteroatoms. The molecule has 2 aliphatic rings. The molecule has 0 bridgehead atoms. The molecular formula is C20H28N4OS. The van der Waals surface area contributed by atoms with Gasteiger partial charge in [-0.3, -0.25) is 4.57 Å². The molecule has 1 aromatic carbocycles. The van der Waals surface area contributed by atoms with E-state index >= 15 is 0 Å². The largest absolute Gasteiger partial charge is 0.377 e. The van der Waals surface area contributed by atoms with Crippen molar-refractivity contribution in [3.05, 3.63) is 36.2 Å².